The summed E-state index contributed by atoms with van der Waals surface area (Å²) in [5.41, 5.74) is 11.4. The van der Waals surface area contributed by atoms with Crippen LogP contribution in [-0.4, -0.2) is 168 Å². The van der Waals surface area contributed by atoms with E-state index in [0.29, 0.717) is 37.8 Å². The Labute approximate surface area is 449 Å². The number of nitrogens with one attached hydrogen (secondary N) is 8. The van der Waals surface area contributed by atoms with Gasteiger partial charge in [0.05, 0.1) is 29.2 Å². The number of likely N-dealkylation sites (tertiary alicyclic amines) is 1. The number of likely N-dealkylation sites (N-methyl/N-ethyl adjacent to an activating group) is 2. The van der Waals surface area contributed by atoms with Crippen LogP contribution in [-0.2, 0) is 54.4 Å². The molecule has 1 aliphatic rings. The van der Waals surface area contributed by atoms with E-state index in [9.17, 15) is 53.1 Å². The second-order valence-corrected chi connectivity index (χ2v) is 19.8. The quantitative estimate of drug-likeness (QED) is 0.0253. The smallest absolute Gasteiger partial charge is 0.245 e. The van der Waals surface area contributed by atoms with Gasteiger partial charge >= 0.3 is 0 Å². The molecule has 24 nitrogen and oxygen atoms in total. The van der Waals surface area contributed by atoms with Gasteiger partial charge in [0.2, 0.25) is 59.1 Å². The van der Waals surface area contributed by atoms with Crippen molar-refractivity contribution >= 4 is 88.2 Å². The van der Waals surface area contributed by atoms with Gasteiger partial charge in [-0.2, -0.15) is 0 Å². The van der Waals surface area contributed by atoms with Crippen LogP contribution < -0.4 is 54.0 Å². The summed E-state index contributed by atoms with van der Waals surface area (Å²) in [4.78, 5) is 141. The summed E-state index contributed by atoms with van der Waals surface area (Å²) in [6, 6.07) is -4.32. The second-order valence-electron chi connectivity index (χ2n) is 19.0. The number of hydrogen-bond acceptors (Lipinski definition) is 12. The van der Waals surface area contributed by atoms with Crippen LogP contribution >= 0.6 is 23.2 Å². The van der Waals surface area contributed by atoms with Crippen LogP contribution in [0.2, 0.25) is 10.0 Å². The standard InChI is InChI=1S/C49H79Cl2N13O11/c1-10-15-33(42(69)61-40(27(6)11-2)46(73)58-34(16-13-20-55-49(52)53)48(75)64-21-14-17-36(64)44(71)54-12-3)57-47(74)41(28(7)65)62-43(70)35(23-30-18-19-31(50)32(51)22-30)59-45(72)39(26(4)5)60-37(67)24-56-38(68)25-63(9)29(8)66/h18-19,22,26-28,33-36,39-41,65H,10-17,20-21,23-25H2,1-9H3,(H,54,71)(H,56,68)(H,57,74)(H,58,73)(H,59,72)(H,60,67)(H,61,69)(H,62,70)(H4,52,53,55)/t27-,28+,33-,34-,35+,36-,39-,40-,41-/m0/s1. The fraction of sp³-hybridized carbons (Fsp3) is 0.653. The first-order valence-electron chi connectivity index (χ1n) is 25.3. The van der Waals surface area contributed by atoms with Crippen molar-refractivity contribution in [1.29, 1.82) is 0 Å². The summed E-state index contributed by atoms with van der Waals surface area (Å²) in [6.07, 6.45) is 0.394. The van der Waals surface area contributed by atoms with Gasteiger partial charge in [0.15, 0.2) is 5.96 Å². The Morgan fingerprint density at radius 1 is 0.760 bits per heavy atom. The lowest BCUT2D eigenvalue weighted by Crippen LogP contribution is -2.62. The van der Waals surface area contributed by atoms with E-state index in [-0.39, 0.29) is 73.1 Å². The van der Waals surface area contributed by atoms with Crippen LogP contribution in [0.25, 0.3) is 0 Å². The SMILES string of the molecule is CCC[C@H](NC(=O)[C@@H](NC(=O)[C@@H](Cc1ccc(Cl)c(Cl)c1)NC(=O)[C@@H](NC(=O)CNC(=O)CN(C)C(C)=O)C(C)C)[C@@H](C)O)C(=O)N[C@H](C(=O)N[C@@H](CCCN=C(N)N)C(=O)N1CCC[C@H]1C(=O)NCC)[C@@H](C)CC. The number of halogens is 2. The zero-order valence-electron chi connectivity index (χ0n) is 44.5. The molecule has 26 heteroatoms. The lowest BCUT2D eigenvalue weighted by molar-refractivity contribution is -0.142. The van der Waals surface area contributed by atoms with Crippen molar-refractivity contribution in [2.75, 3.05) is 39.8 Å². The normalized spacial score (nSPS) is 16.3. The largest absolute Gasteiger partial charge is 0.391 e. The predicted octanol–water partition coefficient (Wildman–Crippen LogP) is -0.897. The van der Waals surface area contributed by atoms with Crippen molar-refractivity contribution in [3.8, 4) is 0 Å². The van der Waals surface area contributed by atoms with Gasteiger partial charge in [-0.15, -0.1) is 0 Å². The van der Waals surface area contributed by atoms with E-state index in [1.54, 1.807) is 47.6 Å². The van der Waals surface area contributed by atoms with Gasteiger partial charge in [0.25, 0.3) is 0 Å². The van der Waals surface area contributed by atoms with E-state index in [1.165, 1.54) is 37.9 Å². The average molecular weight is 1100 g/mol. The Morgan fingerprint density at radius 2 is 1.36 bits per heavy atom. The van der Waals surface area contributed by atoms with E-state index in [0.717, 1.165) is 4.90 Å². The molecule has 9 atom stereocenters. The molecule has 1 fully saturated rings. The zero-order chi connectivity index (χ0) is 56.7. The Bertz CT molecular complexity index is 2200. The molecule has 10 amide bonds. The van der Waals surface area contributed by atoms with Crippen molar-refractivity contribution < 1.29 is 53.1 Å². The van der Waals surface area contributed by atoms with Crippen LogP contribution in [0.15, 0.2) is 23.2 Å². The Hall–Kier alpha value is -6.27. The number of guanidine groups is 1. The number of amides is 10. The van der Waals surface area contributed by atoms with Crippen molar-refractivity contribution in [3.05, 3.63) is 33.8 Å². The molecule has 0 aliphatic carbocycles. The third-order valence-electron chi connectivity index (χ3n) is 12.5. The molecule has 1 aliphatic heterocycles. The number of benzene rings is 1. The molecular weight excluding hydrogens is 1020 g/mol. The Morgan fingerprint density at radius 3 is 1.93 bits per heavy atom. The third-order valence-corrected chi connectivity index (χ3v) is 13.2. The van der Waals surface area contributed by atoms with Gasteiger partial charge < -0.3 is 68.9 Å². The molecule has 2 rings (SSSR count). The molecule has 1 saturated heterocycles. The molecule has 13 N–H and O–H groups in total. The molecule has 1 aromatic carbocycles. The highest BCUT2D eigenvalue weighted by molar-refractivity contribution is 6.42. The minimum Gasteiger partial charge on any atom is -0.391 e. The van der Waals surface area contributed by atoms with Crippen LogP contribution in [0.1, 0.15) is 106 Å². The number of aliphatic hydroxyl groups is 1. The molecule has 0 radical (unpaired) electrons. The van der Waals surface area contributed by atoms with Crippen LogP contribution in [0.5, 0.6) is 0 Å². The molecule has 420 valence electrons. The van der Waals surface area contributed by atoms with E-state index in [2.05, 4.69) is 47.5 Å². The highest BCUT2D eigenvalue weighted by Crippen LogP contribution is 2.24. The summed E-state index contributed by atoms with van der Waals surface area (Å²) in [5, 5.41) is 32.2. The van der Waals surface area contributed by atoms with Crippen LogP contribution in [0, 0.1) is 11.8 Å². The summed E-state index contributed by atoms with van der Waals surface area (Å²) >= 11 is 12.4. The minimum atomic E-state index is -1.71. The van der Waals surface area contributed by atoms with E-state index in [4.69, 9.17) is 34.7 Å². The van der Waals surface area contributed by atoms with Crippen molar-refractivity contribution in [2.45, 2.75) is 155 Å². The highest BCUT2D eigenvalue weighted by atomic mass is 35.5. The molecule has 75 heavy (non-hydrogen) atoms. The van der Waals surface area contributed by atoms with Gasteiger partial charge in [-0.1, -0.05) is 76.7 Å². The monoisotopic (exact) mass is 1100 g/mol. The molecule has 1 heterocycles. The molecular formula is C49H79Cl2N13O11. The van der Waals surface area contributed by atoms with Gasteiger partial charge in [0, 0.05) is 40.0 Å². The molecule has 0 saturated carbocycles. The van der Waals surface area contributed by atoms with E-state index in [1.807, 2.05) is 0 Å². The molecule has 0 bridgehead atoms. The summed E-state index contributed by atoms with van der Waals surface area (Å²) in [7, 11) is 1.41. The summed E-state index contributed by atoms with van der Waals surface area (Å²) in [5.74, 6) is -7.98. The van der Waals surface area contributed by atoms with Crippen LogP contribution in [0.3, 0.4) is 0 Å². The number of carbonyl (C=O) groups is 10. The zero-order valence-corrected chi connectivity index (χ0v) is 46.0. The number of hydrogen-bond donors (Lipinski definition) is 11. The van der Waals surface area contributed by atoms with Gasteiger partial charge in [-0.05, 0) is 75.5 Å². The van der Waals surface area contributed by atoms with Crippen molar-refractivity contribution in [3.63, 3.8) is 0 Å². The van der Waals surface area contributed by atoms with Gasteiger partial charge in [0.1, 0.15) is 42.3 Å². The summed E-state index contributed by atoms with van der Waals surface area (Å²) in [6.45, 7) is 12.8. The average Bonchev–Trinajstić information content (AvgIpc) is 3.84. The first-order valence-corrected chi connectivity index (χ1v) is 26.1. The number of aliphatic imine (C=N–C) groups is 1. The Kier molecular flexibility index (Phi) is 27.9. The fourth-order valence-electron chi connectivity index (χ4n) is 7.95. The lowest BCUT2D eigenvalue weighted by atomic mass is 9.96. The first-order chi connectivity index (χ1) is 35.3. The maximum Gasteiger partial charge on any atom is 0.245 e. The van der Waals surface area contributed by atoms with Gasteiger partial charge in [-0.25, -0.2) is 0 Å². The number of aliphatic hydroxyl groups excluding tert-OH is 1. The van der Waals surface area contributed by atoms with Crippen molar-refractivity contribution in [2.24, 2.45) is 28.3 Å². The Balaban J connectivity index is 2.39. The van der Waals surface area contributed by atoms with E-state index < -0.39 is 114 Å². The van der Waals surface area contributed by atoms with Gasteiger partial charge in [-0.3, -0.25) is 52.9 Å². The minimum absolute atomic E-state index is 0.0480. The topological polar surface area (TPSA) is 358 Å². The number of nitrogens with two attached hydrogens (primary N) is 2. The molecule has 1 aromatic rings. The predicted molar refractivity (Wildman–Crippen MR) is 282 cm³/mol. The fourth-order valence-corrected chi connectivity index (χ4v) is 8.27. The first kappa shape index (κ1) is 64.8. The molecule has 0 aromatic heterocycles. The maximum absolute atomic E-state index is 14.2. The van der Waals surface area contributed by atoms with Crippen molar-refractivity contribution in [1.82, 2.24) is 52.3 Å². The van der Waals surface area contributed by atoms with Crippen LogP contribution in [0.4, 0.5) is 0 Å². The maximum atomic E-state index is 14.2. The number of carbonyl (C=O) groups excluding carboxylic acids is 10. The lowest BCUT2D eigenvalue weighted by Gasteiger charge is -2.31. The summed E-state index contributed by atoms with van der Waals surface area (Å²) < 4.78 is 0. The third kappa shape index (κ3) is 21.5. The number of rotatable bonds is 30. The highest BCUT2D eigenvalue weighted by Gasteiger charge is 2.40. The number of nitrogens with zero attached hydrogens (tertiary/aromatic N) is 3. The molecule has 0 spiro atoms. The van der Waals surface area contributed by atoms with E-state index >= 15 is 0 Å². The molecule has 0 unspecified atom stereocenters. The second kappa shape index (κ2) is 32.2.